The molecule has 6 nitrogen and oxygen atoms in total. The fraction of sp³-hybridized carbons (Fsp3) is 0.833. The zero-order valence-electron chi connectivity index (χ0n) is 11.1. The Balaban J connectivity index is 4.24. The topological polar surface area (TPSA) is 113 Å². The summed E-state index contributed by atoms with van der Waals surface area (Å²) in [6.07, 6.45) is 1.07. The van der Waals surface area contributed by atoms with Crippen molar-refractivity contribution >= 4 is 11.9 Å². The quantitative estimate of drug-likeness (QED) is 0.464. The lowest BCUT2D eigenvalue weighted by Gasteiger charge is -2.18. The van der Waals surface area contributed by atoms with E-state index in [-0.39, 0.29) is 31.3 Å². The van der Waals surface area contributed by atoms with Crippen LogP contribution in [0.5, 0.6) is 0 Å². The smallest absolute Gasteiger partial charge is 0.326 e. The van der Waals surface area contributed by atoms with Crippen LogP contribution in [0.1, 0.15) is 33.1 Å². The van der Waals surface area contributed by atoms with Crippen molar-refractivity contribution in [2.24, 2.45) is 17.6 Å². The first-order chi connectivity index (χ1) is 8.40. The number of nitrogens with two attached hydrogens (primary N) is 1. The summed E-state index contributed by atoms with van der Waals surface area (Å²) < 4.78 is 0. The molecular weight excluding hydrogens is 236 g/mol. The van der Waals surface area contributed by atoms with Gasteiger partial charge in [-0.2, -0.15) is 0 Å². The number of carbonyl (C=O) groups excluding carboxylic acids is 1. The molecule has 1 unspecified atom stereocenters. The van der Waals surface area contributed by atoms with Gasteiger partial charge < -0.3 is 21.3 Å². The lowest BCUT2D eigenvalue weighted by Crippen LogP contribution is -2.42. The van der Waals surface area contributed by atoms with E-state index in [1.54, 1.807) is 0 Å². The third kappa shape index (κ3) is 7.24. The molecule has 0 aromatic rings. The van der Waals surface area contributed by atoms with Crippen LogP contribution in [0.3, 0.4) is 0 Å². The van der Waals surface area contributed by atoms with Crippen LogP contribution < -0.4 is 11.1 Å². The molecule has 0 aliphatic rings. The number of carbonyl (C=O) groups is 2. The molecule has 0 radical (unpaired) electrons. The Morgan fingerprint density at radius 3 is 2.33 bits per heavy atom. The molecular formula is C12H24N2O4. The number of carboxylic acid groups (broad SMARTS) is 1. The maximum Gasteiger partial charge on any atom is 0.326 e. The van der Waals surface area contributed by atoms with E-state index < -0.39 is 12.0 Å². The van der Waals surface area contributed by atoms with Gasteiger partial charge in [0.2, 0.25) is 5.91 Å². The van der Waals surface area contributed by atoms with Gasteiger partial charge in [0.25, 0.3) is 0 Å². The number of aliphatic hydroxyl groups is 1. The molecule has 18 heavy (non-hydrogen) atoms. The lowest BCUT2D eigenvalue weighted by atomic mass is 9.94. The van der Waals surface area contributed by atoms with Crippen LogP contribution in [0, 0.1) is 11.8 Å². The third-order valence-corrected chi connectivity index (χ3v) is 2.66. The van der Waals surface area contributed by atoms with Gasteiger partial charge in [0.15, 0.2) is 0 Å². The number of rotatable bonds is 9. The molecule has 106 valence electrons. The molecule has 0 rings (SSSR count). The minimum Gasteiger partial charge on any atom is -0.480 e. The molecule has 0 aromatic carbocycles. The van der Waals surface area contributed by atoms with Crippen molar-refractivity contribution in [1.29, 1.82) is 0 Å². The number of amides is 1. The molecule has 0 aliphatic heterocycles. The molecule has 0 fully saturated rings. The summed E-state index contributed by atoms with van der Waals surface area (Å²) in [6.45, 7) is 4.23. The van der Waals surface area contributed by atoms with Crippen molar-refractivity contribution in [3.8, 4) is 0 Å². The van der Waals surface area contributed by atoms with Crippen molar-refractivity contribution < 1.29 is 19.8 Å². The van der Waals surface area contributed by atoms with Crippen LogP contribution in [0.2, 0.25) is 0 Å². The van der Waals surface area contributed by atoms with Gasteiger partial charge in [-0.05, 0) is 24.8 Å². The number of hydrogen-bond donors (Lipinski definition) is 4. The van der Waals surface area contributed by atoms with Crippen molar-refractivity contribution in [2.45, 2.75) is 39.2 Å². The van der Waals surface area contributed by atoms with Crippen LogP contribution in [-0.4, -0.2) is 41.3 Å². The second-order valence-corrected chi connectivity index (χ2v) is 4.91. The summed E-state index contributed by atoms with van der Waals surface area (Å²) in [7, 11) is 0. The summed E-state index contributed by atoms with van der Waals surface area (Å²) in [4.78, 5) is 22.5. The van der Waals surface area contributed by atoms with Crippen LogP contribution in [0.15, 0.2) is 0 Å². The predicted molar refractivity (Wildman–Crippen MR) is 67.9 cm³/mol. The minimum atomic E-state index is -1.13. The van der Waals surface area contributed by atoms with Gasteiger partial charge in [0.05, 0.1) is 0 Å². The Morgan fingerprint density at radius 1 is 1.33 bits per heavy atom. The predicted octanol–water partition coefficient (Wildman–Crippen LogP) is -0.0507. The molecule has 6 heteroatoms. The zero-order chi connectivity index (χ0) is 14.1. The zero-order valence-corrected chi connectivity index (χ0v) is 11.1. The Hall–Kier alpha value is -1.14. The van der Waals surface area contributed by atoms with Crippen molar-refractivity contribution in [2.75, 3.05) is 13.2 Å². The van der Waals surface area contributed by atoms with Gasteiger partial charge >= 0.3 is 5.97 Å². The van der Waals surface area contributed by atoms with Gasteiger partial charge in [0, 0.05) is 19.4 Å². The van der Waals surface area contributed by atoms with E-state index in [1.165, 1.54) is 0 Å². The first kappa shape index (κ1) is 16.9. The molecule has 0 bridgehead atoms. The lowest BCUT2D eigenvalue weighted by molar-refractivity contribution is -0.142. The van der Waals surface area contributed by atoms with E-state index in [2.05, 4.69) is 5.32 Å². The van der Waals surface area contributed by atoms with Gasteiger partial charge in [0.1, 0.15) is 6.04 Å². The van der Waals surface area contributed by atoms with Crippen LogP contribution >= 0.6 is 0 Å². The average molecular weight is 260 g/mol. The summed E-state index contributed by atoms with van der Waals surface area (Å²) in [5.41, 5.74) is 5.58. The first-order valence-electron chi connectivity index (χ1n) is 6.23. The standard InChI is InChI=1S/C12H24N2O4/c1-8(2)5-9(7-13)6-11(16)14-10(3-4-15)12(17)18/h8-10,15H,3-7,13H2,1-2H3,(H,14,16)(H,17,18)/t9?,10-/m1/s1. The molecule has 1 amide bonds. The van der Waals surface area contributed by atoms with Crippen LogP contribution in [0.4, 0.5) is 0 Å². The summed E-state index contributed by atoms with van der Waals surface area (Å²) in [5, 5.41) is 20.0. The summed E-state index contributed by atoms with van der Waals surface area (Å²) in [6, 6.07) is -1.03. The van der Waals surface area contributed by atoms with Gasteiger partial charge in [-0.25, -0.2) is 4.79 Å². The van der Waals surface area contributed by atoms with Crippen molar-refractivity contribution in [3.63, 3.8) is 0 Å². The van der Waals surface area contributed by atoms with E-state index in [4.69, 9.17) is 15.9 Å². The summed E-state index contributed by atoms with van der Waals surface area (Å²) in [5.74, 6) is -0.954. The van der Waals surface area contributed by atoms with Gasteiger partial charge in [-0.3, -0.25) is 4.79 Å². The molecule has 0 spiro atoms. The van der Waals surface area contributed by atoms with Crippen LogP contribution in [0.25, 0.3) is 0 Å². The summed E-state index contributed by atoms with van der Waals surface area (Å²) >= 11 is 0. The number of nitrogens with one attached hydrogen (secondary N) is 1. The Labute approximate surface area is 108 Å². The first-order valence-corrected chi connectivity index (χ1v) is 6.23. The fourth-order valence-electron chi connectivity index (χ4n) is 1.83. The molecule has 0 aromatic heterocycles. The molecule has 0 saturated carbocycles. The van der Waals surface area contributed by atoms with Crippen LogP contribution in [-0.2, 0) is 9.59 Å². The fourth-order valence-corrected chi connectivity index (χ4v) is 1.83. The second kappa shape index (κ2) is 8.88. The number of hydrogen-bond acceptors (Lipinski definition) is 4. The van der Waals surface area contributed by atoms with E-state index in [1.807, 2.05) is 13.8 Å². The van der Waals surface area contributed by atoms with E-state index in [0.717, 1.165) is 6.42 Å². The number of carboxylic acids is 1. The molecule has 5 N–H and O–H groups in total. The van der Waals surface area contributed by atoms with E-state index in [9.17, 15) is 9.59 Å². The highest BCUT2D eigenvalue weighted by Gasteiger charge is 2.21. The average Bonchev–Trinajstić information content (AvgIpc) is 2.26. The van der Waals surface area contributed by atoms with E-state index in [0.29, 0.717) is 12.5 Å². The molecule has 0 heterocycles. The Bertz CT molecular complexity index is 269. The van der Waals surface area contributed by atoms with Crippen molar-refractivity contribution in [3.05, 3.63) is 0 Å². The largest absolute Gasteiger partial charge is 0.480 e. The highest BCUT2D eigenvalue weighted by Crippen LogP contribution is 2.14. The molecule has 0 saturated heterocycles. The molecule has 2 atom stereocenters. The highest BCUT2D eigenvalue weighted by atomic mass is 16.4. The minimum absolute atomic E-state index is 0.0124. The number of aliphatic hydroxyl groups excluding tert-OH is 1. The second-order valence-electron chi connectivity index (χ2n) is 4.91. The Kier molecular flexibility index (Phi) is 8.32. The normalized spacial score (nSPS) is 14.3. The maximum absolute atomic E-state index is 11.7. The third-order valence-electron chi connectivity index (χ3n) is 2.66. The Morgan fingerprint density at radius 2 is 1.94 bits per heavy atom. The monoisotopic (exact) mass is 260 g/mol. The van der Waals surface area contributed by atoms with Gasteiger partial charge in [-0.1, -0.05) is 13.8 Å². The highest BCUT2D eigenvalue weighted by molar-refractivity contribution is 5.83. The van der Waals surface area contributed by atoms with Gasteiger partial charge in [-0.15, -0.1) is 0 Å². The van der Waals surface area contributed by atoms with E-state index >= 15 is 0 Å². The van der Waals surface area contributed by atoms with Crippen molar-refractivity contribution in [1.82, 2.24) is 5.32 Å². The SMILES string of the molecule is CC(C)CC(CN)CC(=O)N[C@H](CCO)C(=O)O. The number of aliphatic carboxylic acids is 1. The molecule has 0 aliphatic carbocycles. The maximum atomic E-state index is 11.7.